The van der Waals surface area contributed by atoms with Crippen molar-refractivity contribution in [3.63, 3.8) is 0 Å². The van der Waals surface area contributed by atoms with Crippen molar-refractivity contribution < 1.29 is 9.59 Å². The Bertz CT molecular complexity index is 596. The van der Waals surface area contributed by atoms with Crippen LogP contribution in [0, 0.1) is 5.92 Å². The number of halogens is 1. The first-order chi connectivity index (χ1) is 11.4. The van der Waals surface area contributed by atoms with Crippen LogP contribution in [0.5, 0.6) is 0 Å². The van der Waals surface area contributed by atoms with Gasteiger partial charge in [-0.1, -0.05) is 32.4 Å². The number of piperazine rings is 1. The maximum absolute atomic E-state index is 11.8. The second-order valence-corrected chi connectivity index (χ2v) is 6.94. The Labute approximate surface area is 149 Å². The van der Waals surface area contributed by atoms with Crippen molar-refractivity contribution in [2.75, 3.05) is 36.4 Å². The van der Waals surface area contributed by atoms with Crippen molar-refractivity contribution in [2.24, 2.45) is 5.92 Å². The summed E-state index contributed by atoms with van der Waals surface area (Å²) in [5.74, 6) is 0.520. The molecule has 1 heterocycles. The second-order valence-electron chi connectivity index (χ2n) is 6.53. The van der Waals surface area contributed by atoms with Crippen molar-refractivity contribution in [1.82, 2.24) is 4.90 Å². The number of hydrogen-bond donors (Lipinski definition) is 1. The second kappa shape index (κ2) is 8.38. The summed E-state index contributed by atoms with van der Waals surface area (Å²) in [4.78, 5) is 27.7. The molecule has 5 nitrogen and oxygen atoms in total. The van der Waals surface area contributed by atoms with Gasteiger partial charge in [-0.05, 0) is 24.1 Å². The molecule has 0 aromatic heterocycles. The lowest BCUT2D eigenvalue weighted by Crippen LogP contribution is -2.48. The van der Waals surface area contributed by atoms with E-state index in [1.807, 2.05) is 37.8 Å². The maximum atomic E-state index is 11.8. The summed E-state index contributed by atoms with van der Waals surface area (Å²) >= 11 is 6.40. The fourth-order valence-corrected chi connectivity index (χ4v) is 3.14. The molecule has 2 amide bonds. The Hall–Kier alpha value is -1.75. The van der Waals surface area contributed by atoms with Crippen LogP contribution in [-0.2, 0) is 9.59 Å². The van der Waals surface area contributed by atoms with E-state index < -0.39 is 0 Å². The molecule has 0 bridgehead atoms. The summed E-state index contributed by atoms with van der Waals surface area (Å²) < 4.78 is 0. The van der Waals surface area contributed by atoms with Crippen molar-refractivity contribution in [3.05, 3.63) is 23.2 Å². The smallest absolute Gasteiger partial charge is 0.224 e. The number of hydrogen-bond acceptors (Lipinski definition) is 3. The van der Waals surface area contributed by atoms with Gasteiger partial charge in [0.25, 0.3) is 0 Å². The van der Waals surface area contributed by atoms with E-state index in [1.54, 1.807) is 6.07 Å². The van der Waals surface area contributed by atoms with E-state index in [-0.39, 0.29) is 11.8 Å². The zero-order valence-corrected chi connectivity index (χ0v) is 15.4. The van der Waals surface area contributed by atoms with Crippen LogP contribution < -0.4 is 10.2 Å². The lowest BCUT2D eigenvalue weighted by Gasteiger charge is -2.36. The molecule has 0 saturated carbocycles. The average molecular weight is 352 g/mol. The maximum Gasteiger partial charge on any atom is 0.224 e. The monoisotopic (exact) mass is 351 g/mol. The molecule has 0 aliphatic carbocycles. The minimum Gasteiger partial charge on any atom is -0.367 e. The number of carbonyl (C=O) groups excluding carboxylic acids is 2. The molecule has 0 unspecified atom stereocenters. The Morgan fingerprint density at radius 1 is 1.21 bits per heavy atom. The van der Waals surface area contributed by atoms with Gasteiger partial charge in [0.1, 0.15) is 0 Å². The number of nitrogens with one attached hydrogen (secondary N) is 1. The van der Waals surface area contributed by atoms with Crippen LogP contribution in [0.15, 0.2) is 18.2 Å². The van der Waals surface area contributed by atoms with Crippen molar-refractivity contribution in [1.29, 1.82) is 0 Å². The number of rotatable bonds is 5. The van der Waals surface area contributed by atoms with Gasteiger partial charge in [-0.2, -0.15) is 0 Å². The molecule has 24 heavy (non-hydrogen) atoms. The third-order valence-corrected chi connectivity index (χ3v) is 4.40. The lowest BCUT2D eigenvalue weighted by molar-refractivity contribution is -0.131. The molecule has 6 heteroatoms. The molecule has 1 fully saturated rings. The van der Waals surface area contributed by atoms with Crippen LogP contribution in [-0.4, -0.2) is 42.9 Å². The van der Waals surface area contributed by atoms with E-state index >= 15 is 0 Å². The number of nitrogens with zero attached hydrogens (tertiary/aromatic N) is 2. The van der Waals surface area contributed by atoms with E-state index in [0.29, 0.717) is 29.5 Å². The minimum atomic E-state index is 0.000471. The summed E-state index contributed by atoms with van der Waals surface area (Å²) in [6.45, 7) is 8.88. The van der Waals surface area contributed by atoms with Crippen LogP contribution in [0.4, 0.5) is 11.4 Å². The predicted molar refractivity (Wildman–Crippen MR) is 98.6 cm³/mol. The van der Waals surface area contributed by atoms with Gasteiger partial charge in [0, 0.05) is 44.7 Å². The third-order valence-electron chi connectivity index (χ3n) is 4.10. The van der Waals surface area contributed by atoms with E-state index in [0.717, 1.165) is 31.9 Å². The molecule has 0 spiro atoms. The topological polar surface area (TPSA) is 52.7 Å². The largest absolute Gasteiger partial charge is 0.367 e. The zero-order chi connectivity index (χ0) is 17.7. The van der Waals surface area contributed by atoms with Gasteiger partial charge in [0.2, 0.25) is 11.8 Å². The molecular formula is C18H26ClN3O2. The first-order valence-corrected chi connectivity index (χ1v) is 8.90. The Kier molecular flexibility index (Phi) is 6.49. The Morgan fingerprint density at radius 3 is 2.42 bits per heavy atom. The molecule has 1 saturated heterocycles. The molecule has 1 N–H and O–H groups in total. The van der Waals surface area contributed by atoms with E-state index in [9.17, 15) is 9.59 Å². The number of amides is 2. The van der Waals surface area contributed by atoms with Gasteiger partial charge in [-0.3, -0.25) is 9.59 Å². The predicted octanol–water partition coefficient (Wildman–Crippen LogP) is 3.38. The van der Waals surface area contributed by atoms with Crippen LogP contribution in [0.1, 0.15) is 33.6 Å². The summed E-state index contributed by atoms with van der Waals surface area (Å²) in [7, 11) is 0. The van der Waals surface area contributed by atoms with Crippen LogP contribution >= 0.6 is 11.6 Å². The third kappa shape index (κ3) is 4.87. The standard InChI is InChI=1S/C18H26ClN3O2/c1-4-18(24)22-9-7-21(8-10-22)16-6-5-14(12-15(16)19)20-17(23)11-13(2)3/h5-6,12-13H,4,7-11H2,1-3H3,(H,20,23). The lowest BCUT2D eigenvalue weighted by atomic mass is 10.1. The van der Waals surface area contributed by atoms with Gasteiger partial charge in [0.15, 0.2) is 0 Å². The van der Waals surface area contributed by atoms with Gasteiger partial charge in [0.05, 0.1) is 10.7 Å². The van der Waals surface area contributed by atoms with Gasteiger partial charge in [-0.15, -0.1) is 0 Å². The first-order valence-electron chi connectivity index (χ1n) is 8.52. The molecular weight excluding hydrogens is 326 g/mol. The summed E-state index contributed by atoms with van der Waals surface area (Å²) in [5.41, 5.74) is 1.66. The highest BCUT2D eigenvalue weighted by Crippen LogP contribution is 2.30. The average Bonchev–Trinajstić information content (AvgIpc) is 2.53. The highest BCUT2D eigenvalue weighted by Gasteiger charge is 2.21. The van der Waals surface area contributed by atoms with Crippen LogP contribution in [0.3, 0.4) is 0 Å². The quantitative estimate of drug-likeness (QED) is 0.884. The number of carbonyl (C=O) groups is 2. The summed E-state index contributed by atoms with van der Waals surface area (Å²) in [6.07, 6.45) is 1.04. The number of anilines is 2. The van der Waals surface area contributed by atoms with Crippen molar-refractivity contribution >= 4 is 34.8 Å². The van der Waals surface area contributed by atoms with Crippen LogP contribution in [0.25, 0.3) is 0 Å². The minimum absolute atomic E-state index is 0.000471. The van der Waals surface area contributed by atoms with Gasteiger partial charge in [-0.25, -0.2) is 0 Å². The molecule has 1 aliphatic heterocycles. The Balaban J connectivity index is 1.98. The highest BCUT2D eigenvalue weighted by atomic mass is 35.5. The Morgan fingerprint density at radius 2 is 1.88 bits per heavy atom. The van der Waals surface area contributed by atoms with E-state index in [1.165, 1.54) is 0 Å². The molecule has 0 atom stereocenters. The number of benzene rings is 1. The molecule has 1 aromatic rings. The van der Waals surface area contributed by atoms with Crippen LogP contribution in [0.2, 0.25) is 5.02 Å². The summed E-state index contributed by atoms with van der Waals surface area (Å²) in [5, 5.41) is 3.50. The van der Waals surface area contributed by atoms with Gasteiger partial charge >= 0.3 is 0 Å². The molecule has 1 aliphatic rings. The SMILES string of the molecule is CCC(=O)N1CCN(c2ccc(NC(=O)CC(C)C)cc2Cl)CC1. The molecule has 132 valence electrons. The van der Waals surface area contributed by atoms with Crippen molar-refractivity contribution in [3.8, 4) is 0 Å². The van der Waals surface area contributed by atoms with Crippen molar-refractivity contribution in [2.45, 2.75) is 33.6 Å². The molecule has 2 rings (SSSR count). The van der Waals surface area contributed by atoms with E-state index in [4.69, 9.17) is 11.6 Å². The fraction of sp³-hybridized carbons (Fsp3) is 0.556. The normalized spacial score (nSPS) is 14.9. The molecule has 0 radical (unpaired) electrons. The fourth-order valence-electron chi connectivity index (χ4n) is 2.84. The van der Waals surface area contributed by atoms with Gasteiger partial charge < -0.3 is 15.1 Å². The zero-order valence-electron chi connectivity index (χ0n) is 14.6. The summed E-state index contributed by atoms with van der Waals surface area (Å²) in [6, 6.07) is 5.60. The highest BCUT2D eigenvalue weighted by molar-refractivity contribution is 6.33. The van der Waals surface area contributed by atoms with E-state index in [2.05, 4.69) is 10.2 Å². The first kappa shape index (κ1) is 18.6. The molecule has 1 aromatic carbocycles.